The number of benzene rings is 4. The number of rotatable bonds is 23. The number of nitro groups is 1. The van der Waals surface area contributed by atoms with E-state index in [1.807, 2.05) is 51.1 Å². The molecular formula is C55H64FN3O9S. The lowest BCUT2D eigenvalue weighted by Crippen LogP contribution is -2.70. The Morgan fingerprint density at radius 2 is 1.72 bits per heavy atom. The van der Waals surface area contributed by atoms with E-state index in [4.69, 9.17) is 24.2 Å². The van der Waals surface area contributed by atoms with Gasteiger partial charge < -0.3 is 34.2 Å². The molecule has 3 aliphatic rings. The van der Waals surface area contributed by atoms with E-state index in [1.54, 1.807) is 53.1 Å². The van der Waals surface area contributed by atoms with E-state index in [-0.39, 0.29) is 56.2 Å². The average Bonchev–Trinajstić information content (AvgIpc) is 3.34. The van der Waals surface area contributed by atoms with E-state index in [1.165, 1.54) is 30.3 Å². The van der Waals surface area contributed by atoms with Gasteiger partial charge in [-0.3, -0.25) is 14.9 Å². The van der Waals surface area contributed by atoms with E-state index < -0.39 is 40.0 Å². The third kappa shape index (κ3) is 12.7. The second-order valence-electron chi connectivity index (χ2n) is 18.8. The zero-order valence-electron chi connectivity index (χ0n) is 39.7. The Bertz CT molecular complexity index is 2460. The quantitative estimate of drug-likeness (QED) is 0.0183. The molecule has 0 saturated heterocycles. The van der Waals surface area contributed by atoms with Crippen molar-refractivity contribution in [1.82, 2.24) is 4.90 Å². The van der Waals surface area contributed by atoms with Gasteiger partial charge in [0, 0.05) is 66.5 Å². The van der Waals surface area contributed by atoms with Gasteiger partial charge in [0.15, 0.2) is 0 Å². The number of thioether (sulfide) groups is 1. The molecule has 14 heteroatoms. The Morgan fingerprint density at radius 1 is 1.00 bits per heavy atom. The number of fused-ring (bicyclic) bond motifs is 2. The molecule has 2 aliphatic carbocycles. The summed E-state index contributed by atoms with van der Waals surface area (Å²) in [6.45, 7) is 10.5. The minimum atomic E-state index is -1.55. The largest absolute Gasteiger partial charge is 0.493 e. The maximum absolute atomic E-state index is 15.1. The number of hydrogen-bond donors (Lipinski definition) is 2. The van der Waals surface area contributed by atoms with Crippen molar-refractivity contribution in [2.45, 2.75) is 101 Å². The highest BCUT2D eigenvalue weighted by atomic mass is 32.2. The molecule has 1 amide bonds. The number of unbranched alkanes of at least 4 members (excludes halogenated alkanes) is 2. The zero-order valence-corrected chi connectivity index (χ0v) is 40.5. The summed E-state index contributed by atoms with van der Waals surface area (Å²) in [5.74, 6) is -1.19. The topological polar surface area (TPSA) is 153 Å². The number of allylic oxidation sites excluding steroid dienone is 1. The normalized spacial score (nSPS) is 22.3. The molecule has 0 bridgehead atoms. The van der Waals surface area contributed by atoms with Crippen LogP contribution in [0.4, 0.5) is 10.1 Å². The van der Waals surface area contributed by atoms with Crippen LogP contribution in [0.15, 0.2) is 137 Å². The van der Waals surface area contributed by atoms with Crippen molar-refractivity contribution in [3.8, 4) is 11.5 Å². The first-order chi connectivity index (χ1) is 33.3. The monoisotopic (exact) mass is 961 g/mol. The number of nitrogens with zero attached hydrogens (tertiary/aromatic N) is 3. The van der Waals surface area contributed by atoms with E-state index >= 15 is 4.79 Å². The van der Waals surface area contributed by atoms with Gasteiger partial charge in [-0.15, -0.1) is 18.3 Å². The molecule has 69 heavy (non-hydrogen) atoms. The predicted octanol–water partition coefficient (Wildman–Crippen LogP) is 11.1. The van der Waals surface area contributed by atoms with Crippen LogP contribution < -0.4 is 9.47 Å². The summed E-state index contributed by atoms with van der Waals surface area (Å²) in [6.07, 6.45) is 11.5. The molecule has 1 saturated carbocycles. The van der Waals surface area contributed by atoms with Gasteiger partial charge in [0.2, 0.25) is 11.7 Å². The Balaban J connectivity index is 1.41. The standard InChI is InChI=1S/C55H64FN3O9S/c1-5-31-66-55-50(58(37-39-17-22-41(56)23-18-39)51(62)28-21-38-19-24-42(25-20-38)59(63)64)36-48(57-68-54(2,3)4)46-34-40(13-9-11-29-60)45(16-10-12-30-61)52(53(46)55)47-35-43(26-27-49(47)67-55)65-32-33-69-44-14-7-6-8-15-44/h5-8,14-15,17-28,34-35,40,45,50,52-53,60-61H,1,9-13,16,29-33,36-37H2,2-4H3. The maximum atomic E-state index is 15.1. The maximum Gasteiger partial charge on any atom is 0.269 e. The van der Waals surface area contributed by atoms with Crippen molar-refractivity contribution in [2.75, 3.05) is 32.2 Å². The van der Waals surface area contributed by atoms with Gasteiger partial charge in [-0.1, -0.05) is 60.5 Å². The van der Waals surface area contributed by atoms with Crippen LogP contribution in [0.5, 0.6) is 11.5 Å². The molecule has 6 atom stereocenters. The van der Waals surface area contributed by atoms with Crippen molar-refractivity contribution in [3.05, 3.63) is 160 Å². The number of ether oxygens (including phenoxy) is 3. The number of amides is 1. The Labute approximate surface area is 409 Å². The van der Waals surface area contributed by atoms with Gasteiger partial charge in [0.25, 0.3) is 5.69 Å². The average molecular weight is 962 g/mol. The van der Waals surface area contributed by atoms with Crippen LogP contribution in [0.2, 0.25) is 0 Å². The van der Waals surface area contributed by atoms with Crippen LogP contribution in [-0.2, 0) is 20.9 Å². The first kappa shape index (κ1) is 51.1. The lowest BCUT2D eigenvalue weighted by Gasteiger charge is -2.60. The van der Waals surface area contributed by atoms with Crippen molar-refractivity contribution in [3.63, 3.8) is 0 Å². The number of carbonyl (C=O) groups is 1. The minimum Gasteiger partial charge on any atom is -0.493 e. The summed E-state index contributed by atoms with van der Waals surface area (Å²) in [6, 6.07) is 27.2. The fourth-order valence-electron chi connectivity index (χ4n) is 9.86. The van der Waals surface area contributed by atoms with Gasteiger partial charge in [0.05, 0.1) is 29.8 Å². The number of halogens is 1. The fourth-order valence-corrected chi connectivity index (χ4v) is 10.6. The minimum absolute atomic E-state index is 0.00551. The summed E-state index contributed by atoms with van der Waals surface area (Å²) in [4.78, 5) is 35.2. The van der Waals surface area contributed by atoms with Gasteiger partial charge >= 0.3 is 0 Å². The Morgan fingerprint density at radius 3 is 2.41 bits per heavy atom. The molecular weight excluding hydrogens is 898 g/mol. The summed E-state index contributed by atoms with van der Waals surface area (Å²) < 4.78 is 35.5. The highest BCUT2D eigenvalue weighted by Gasteiger charge is 2.65. The molecule has 0 spiro atoms. The van der Waals surface area contributed by atoms with E-state index in [0.717, 1.165) is 47.5 Å². The highest BCUT2D eigenvalue weighted by Crippen LogP contribution is 2.62. The molecule has 1 fully saturated rings. The first-order valence-corrected chi connectivity index (χ1v) is 24.9. The molecule has 1 aliphatic heterocycles. The van der Waals surface area contributed by atoms with Crippen LogP contribution in [0, 0.1) is 33.7 Å². The number of non-ortho nitro benzene ring substituents is 1. The SMILES string of the molecule is C=CCOC12Oc3ccc(OCCSc4ccccc4)cc3C3C(CCCCO)C(CCCCO)C=C(C(=NOC(C)(C)C)CC1N(Cc1ccc(F)cc1)C(=O)C=Cc1ccc([N+](=O)[O-])cc1)C32. The smallest absolute Gasteiger partial charge is 0.269 e. The third-order valence-corrected chi connectivity index (χ3v) is 13.9. The predicted molar refractivity (Wildman–Crippen MR) is 268 cm³/mol. The van der Waals surface area contributed by atoms with Gasteiger partial charge in [0.1, 0.15) is 29.0 Å². The van der Waals surface area contributed by atoms with Crippen LogP contribution >= 0.6 is 11.8 Å². The lowest BCUT2D eigenvalue weighted by molar-refractivity contribution is -0.384. The van der Waals surface area contributed by atoms with E-state index in [2.05, 4.69) is 30.9 Å². The molecule has 366 valence electrons. The molecule has 0 radical (unpaired) electrons. The highest BCUT2D eigenvalue weighted by molar-refractivity contribution is 7.99. The van der Waals surface area contributed by atoms with Crippen molar-refractivity contribution in [1.29, 1.82) is 0 Å². The molecule has 7 rings (SSSR count). The van der Waals surface area contributed by atoms with Crippen LogP contribution in [0.1, 0.15) is 88.3 Å². The number of aliphatic hydroxyl groups excluding tert-OH is 2. The second-order valence-corrected chi connectivity index (χ2v) is 19.9. The van der Waals surface area contributed by atoms with E-state index in [9.17, 15) is 24.7 Å². The summed E-state index contributed by atoms with van der Waals surface area (Å²) >= 11 is 1.72. The van der Waals surface area contributed by atoms with Crippen LogP contribution in [-0.4, -0.2) is 81.3 Å². The number of aliphatic hydroxyl groups is 2. The van der Waals surface area contributed by atoms with Gasteiger partial charge in [-0.2, -0.15) is 0 Å². The summed E-state index contributed by atoms with van der Waals surface area (Å²) in [7, 11) is 0. The van der Waals surface area contributed by atoms with Crippen molar-refractivity contribution in [2.24, 2.45) is 22.9 Å². The number of carbonyl (C=O) groups excluding carboxylic acids is 1. The van der Waals surface area contributed by atoms with E-state index in [0.29, 0.717) is 47.8 Å². The lowest BCUT2D eigenvalue weighted by atomic mass is 9.55. The van der Waals surface area contributed by atoms with Crippen LogP contribution in [0.25, 0.3) is 6.08 Å². The summed E-state index contributed by atoms with van der Waals surface area (Å²) in [5, 5.41) is 36.4. The Hall–Kier alpha value is -5.80. The molecule has 12 nitrogen and oxygen atoms in total. The first-order valence-electron chi connectivity index (χ1n) is 23.9. The zero-order chi connectivity index (χ0) is 49.0. The summed E-state index contributed by atoms with van der Waals surface area (Å²) in [5.41, 5.74) is 2.96. The number of nitro benzene ring substituents is 1. The second kappa shape index (κ2) is 23.7. The number of oxime groups is 1. The molecule has 4 aromatic carbocycles. The fraction of sp³-hybridized carbons (Fsp3) is 0.418. The van der Waals surface area contributed by atoms with Crippen LogP contribution in [0.3, 0.4) is 0 Å². The molecule has 2 N–H and O–H groups in total. The molecule has 1 heterocycles. The van der Waals surface area contributed by atoms with Gasteiger partial charge in [-0.05, 0) is 136 Å². The third-order valence-electron chi connectivity index (χ3n) is 12.9. The molecule has 6 unspecified atom stereocenters. The number of hydrogen-bond acceptors (Lipinski definition) is 11. The molecule has 4 aromatic rings. The molecule has 0 aromatic heterocycles. The Kier molecular flexibility index (Phi) is 17.5. The van der Waals surface area contributed by atoms with Crippen molar-refractivity contribution < 1.29 is 43.4 Å². The van der Waals surface area contributed by atoms with Crippen molar-refractivity contribution >= 4 is 35.1 Å². The van der Waals surface area contributed by atoms with Gasteiger partial charge in [-0.25, -0.2) is 4.39 Å².